The Hall–Kier alpha value is -1.95. The molecule has 3 rings (SSSR count). The van der Waals surface area contributed by atoms with E-state index in [-0.39, 0.29) is 10.3 Å². The predicted octanol–water partition coefficient (Wildman–Crippen LogP) is 2.50. The molecular formula is C15H16N2O3S. The van der Waals surface area contributed by atoms with Gasteiger partial charge in [-0.25, -0.2) is 4.79 Å². The molecule has 0 spiro atoms. The zero-order valence-electron chi connectivity index (χ0n) is 11.7. The lowest BCUT2D eigenvalue weighted by atomic mass is 9.97. The zero-order chi connectivity index (χ0) is 15.0. The summed E-state index contributed by atoms with van der Waals surface area (Å²) in [6.45, 7) is 0. The predicted molar refractivity (Wildman–Crippen MR) is 81.9 cm³/mol. The topological polar surface area (TPSA) is 64.1 Å². The van der Waals surface area contributed by atoms with Crippen molar-refractivity contribution in [3.8, 4) is 0 Å². The van der Waals surface area contributed by atoms with E-state index in [0.717, 1.165) is 12.8 Å². The molecule has 0 bridgehead atoms. The summed E-state index contributed by atoms with van der Waals surface area (Å²) in [5.41, 5.74) is -0.521. The summed E-state index contributed by atoms with van der Waals surface area (Å²) < 4.78 is 6.64. The Morgan fingerprint density at radius 2 is 2.00 bits per heavy atom. The van der Waals surface area contributed by atoms with E-state index in [1.54, 1.807) is 18.2 Å². The number of carbonyl (C=O) groups is 1. The van der Waals surface area contributed by atoms with Crippen molar-refractivity contribution in [2.45, 2.75) is 31.2 Å². The number of rotatable bonds is 2. The van der Waals surface area contributed by atoms with Crippen molar-refractivity contribution in [1.82, 2.24) is 9.55 Å². The minimum Gasteiger partial charge on any atom is -0.467 e. The van der Waals surface area contributed by atoms with Gasteiger partial charge in [-0.05, 0) is 37.2 Å². The molecular weight excluding hydrogens is 288 g/mol. The molecule has 1 N–H and O–H groups in total. The maximum Gasteiger partial charge on any atom is 0.332 e. The number of methoxy groups -OCH3 is 1. The molecule has 0 unspecified atom stereocenters. The van der Waals surface area contributed by atoms with E-state index < -0.39 is 11.5 Å². The first-order valence-corrected chi connectivity index (χ1v) is 7.34. The van der Waals surface area contributed by atoms with Crippen molar-refractivity contribution in [2.24, 2.45) is 0 Å². The maximum atomic E-state index is 12.8. The fourth-order valence-electron chi connectivity index (χ4n) is 3.22. The van der Waals surface area contributed by atoms with Gasteiger partial charge < -0.3 is 9.72 Å². The van der Waals surface area contributed by atoms with Gasteiger partial charge in [0, 0.05) is 0 Å². The van der Waals surface area contributed by atoms with Gasteiger partial charge in [0.2, 0.25) is 0 Å². The van der Waals surface area contributed by atoms with Crippen molar-refractivity contribution in [3.05, 3.63) is 39.4 Å². The second-order valence-corrected chi connectivity index (χ2v) is 5.73. The molecule has 0 atom stereocenters. The second-order valence-electron chi connectivity index (χ2n) is 5.35. The third kappa shape index (κ3) is 2.01. The number of carbonyl (C=O) groups excluding carboxylic acids is 1. The van der Waals surface area contributed by atoms with Gasteiger partial charge in [-0.3, -0.25) is 9.36 Å². The molecule has 0 radical (unpaired) electrons. The van der Waals surface area contributed by atoms with Crippen molar-refractivity contribution in [1.29, 1.82) is 0 Å². The Morgan fingerprint density at radius 1 is 1.33 bits per heavy atom. The fourth-order valence-corrected chi connectivity index (χ4v) is 3.59. The van der Waals surface area contributed by atoms with Crippen molar-refractivity contribution < 1.29 is 9.53 Å². The number of para-hydroxylation sites is 1. The van der Waals surface area contributed by atoms with E-state index in [4.69, 9.17) is 17.0 Å². The molecule has 1 aromatic carbocycles. The Balaban J connectivity index is 2.36. The molecule has 0 aliphatic heterocycles. The van der Waals surface area contributed by atoms with Gasteiger partial charge in [0.05, 0.1) is 18.0 Å². The summed E-state index contributed by atoms with van der Waals surface area (Å²) in [5, 5.41) is 0.529. The number of esters is 1. The standard InChI is InChI=1S/C15H16N2O3S/c1-20-13(19)15(8-4-5-9-15)17-12(18)10-6-2-3-7-11(10)16-14(17)21/h2-3,6-7H,4-5,8-9H2,1H3,(H,16,21). The van der Waals surface area contributed by atoms with Crippen LogP contribution >= 0.6 is 12.2 Å². The first-order chi connectivity index (χ1) is 10.1. The van der Waals surface area contributed by atoms with Crippen LogP contribution in [0.2, 0.25) is 0 Å². The maximum absolute atomic E-state index is 12.8. The van der Waals surface area contributed by atoms with Crippen LogP contribution in [0.3, 0.4) is 0 Å². The number of hydrogen-bond donors (Lipinski definition) is 1. The van der Waals surface area contributed by atoms with Crippen molar-refractivity contribution in [3.63, 3.8) is 0 Å². The number of nitrogens with zero attached hydrogens (tertiary/aromatic N) is 1. The van der Waals surface area contributed by atoms with Crippen LogP contribution in [0.5, 0.6) is 0 Å². The molecule has 1 aromatic heterocycles. The highest BCUT2D eigenvalue weighted by atomic mass is 32.1. The van der Waals surface area contributed by atoms with Gasteiger partial charge in [-0.1, -0.05) is 25.0 Å². The normalized spacial score (nSPS) is 17.0. The number of fused-ring (bicyclic) bond motifs is 1. The number of nitrogens with one attached hydrogen (secondary N) is 1. The smallest absolute Gasteiger partial charge is 0.332 e. The molecule has 0 saturated heterocycles. The highest BCUT2D eigenvalue weighted by molar-refractivity contribution is 7.71. The highest BCUT2D eigenvalue weighted by Gasteiger charge is 2.45. The van der Waals surface area contributed by atoms with Crippen molar-refractivity contribution in [2.75, 3.05) is 7.11 Å². The summed E-state index contributed by atoms with van der Waals surface area (Å²) in [6, 6.07) is 7.17. The van der Waals surface area contributed by atoms with Crippen LogP contribution in [-0.4, -0.2) is 22.6 Å². The second kappa shape index (κ2) is 5.11. The van der Waals surface area contributed by atoms with Gasteiger partial charge in [0.1, 0.15) is 5.54 Å². The van der Waals surface area contributed by atoms with E-state index in [1.807, 2.05) is 6.07 Å². The SMILES string of the molecule is COC(=O)C1(n2c(=S)[nH]c3ccccc3c2=O)CCCC1. The third-order valence-electron chi connectivity index (χ3n) is 4.23. The third-order valence-corrected chi connectivity index (χ3v) is 4.51. The van der Waals surface area contributed by atoms with Crippen LogP contribution in [0.15, 0.2) is 29.1 Å². The van der Waals surface area contributed by atoms with Gasteiger partial charge in [0.25, 0.3) is 5.56 Å². The van der Waals surface area contributed by atoms with Gasteiger partial charge in [-0.15, -0.1) is 0 Å². The molecule has 1 saturated carbocycles. The Bertz CT molecular complexity index is 816. The molecule has 2 aromatic rings. The lowest BCUT2D eigenvalue weighted by molar-refractivity contribution is -0.151. The molecule has 1 heterocycles. The van der Waals surface area contributed by atoms with E-state index >= 15 is 0 Å². The quantitative estimate of drug-likeness (QED) is 0.684. The molecule has 1 aliphatic carbocycles. The molecule has 1 fully saturated rings. The van der Waals surface area contributed by atoms with Gasteiger partial charge in [0.15, 0.2) is 4.77 Å². The number of ether oxygens (including phenoxy) is 1. The number of H-pyrrole nitrogens is 1. The molecule has 5 nitrogen and oxygen atoms in total. The number of hydrogen-bond acceptors (Lipinski definition) is 4. The summed E-state index contributed by atoms with van der Waals surface area (Å²) in [6.07, 6.45) is 2.91. The van der Waals surface area contributed by atoms with E-state index in [0.29, 0.717) is 23.7 Å². The van der Waals surface area contributed by atoms with E-state index in [9.17, 15) is 9.59 Å². The van der Waals surface area contributed by atoms with Crippen LogP contribution in [0.4, 0.5) is 0 Å². The van der Waals surface area contributed by atoms with E-state index in [2.05, 4.69) is 4.98 Å². The fraction of sp³-hybridized carbons (Fsp3) is 0.400. The first-order valence-electron chi connectivity index (χ1n) is 6.93. The van der Waals surface area contributed by atoms with E-state index in [1.165, 1.54) is 11.7 Å². The average Bonchev–Trinajstić information content (AvgIpc) is 2.97. The molecule has 1 aliphatic rings. The number of benzene rings is 1. The minimum atomic E-state index is -0.969. The molecule has 110 valence electrons. The largest absolute Gasteiger partial charge is 0.467 e. The molecule has 21 heavy (non-hydrogen) atoms. The highest BCUT2D eigenvalue weighted by Crippen LogP contribution is 2.37. The van der Waals surface area contributed by atoms with Crippen LogP contribution in [0, 0.1) is 4.77 Å². The minimum absolute atomic E-state index is 0.235. The lowest BCUT2D eigenvalue weighted by Gasteiger charge is -2.28. The first kappa shape index (κ1) is 14.0. The average molecular weight is 304 g/mol. The van der Waals surface area contributed by atoms with Crippen LogP contribution in [0.1, 0.15) is 25.7 Å². The summed E-state index contributed by atoms with van der Waals surface area (Å²) in [7, 11) is 1.35. The number of aromatic amines is 1. The number of aromatic nitrogens is 2. The van der Waals surface area contributed by atoms with Crippen LogP contribution in [-0.2, 0) is 15.1 Å². The zero-order valence-corrected chi connectivity index (χ0v) is 12.5. The summed E-state index contributed by atoms with van der Waals surface area (Å²) >= 11 is 5.34. The van der Waals surface area contributed by atoms with Gasteiger partial charge >= 0.3 is 5.97 Å². The van der Waals surface area contributed by atoms with Crippen molar-refractivity contribution >= 4 is 29.1 Å². The Morgan fingerprint density at radius 3 is 2.67 bits per heavy atom. The van der Waals surface area contributed by atoms with Crippen LogP contribution < -0.4 is 5.56 Å². The molecule has 6 heteroatoms. The van der Waals surface area contributed by atoms with Gasteiger partial charge in [-0.2, -0.15) is 0 Å². The van der Waals surface area contributed by atoms with Crippen LogP contribution in [0.25, 0.3) is 10.9 Å². The summed E-state index contributed by atoms with van der Waals surface area (Å²) in [5.74, 6) is -0.392. The Kier molecular flexibility index (Phi) is 3.41. The monoisotopic (exact) mass is 304 g/mol. The molecule has 0 amide bonds. The lowest BCUT2D eigenvalue weighted by Crippen LogP contribution is -2.47. The summed E-state index contributed by atoms with van der Waals surface area (Å²) in [4.78, 5) is 28.2. The Labute approximate surface area is 126 Å².